The zero-order valence-corrected chi connectivity index (χ0v) is 14.2. The largest absolute Gasteiger partial charge is 0.492 e. The summed E-state index contributed by atoms with van der Waals surface area (Å²) < 4.78 is 32.3. The molecule has 0 heterocycles. The number of nitrogens with zero attached hydrogens (tertiary/aromatic N) is 1. The van der Waals surface area contributed by atoms with Crippen LogP contribution in [0.25, 0.3) is 0 Å². The Morgan fingerprint density at radius 1 is 1.32 bits per heavy atom. The van der Waals surface area contributed by atoms with Crippen molar-refractivity contribution in [2.24, 2.45) is 0 Å². The maximum Gasteiger partial charge on any atom is 0.278 e. The SMILES string of the molecule is CCOc1ccc(CCNS(=O)(=O)N(C)C)cc1NC(C)=O. The molecular formula is C14H23N3O4S. The van der Waals surface area contributed by atoms with Gasteiger partial charge in [0, 0.05) is 27.6 Å². The van der Waals surface area contributed by atoms with Crippen LogP contribution in [0, 0.1) is 0 Å². The molecule has 0 fully saturated rings. The molecule has 1 aromatic carbocycles. The van der Waals surface area contributed by atoms with Crippen molar-refractivity contribution in [1.82, 2.24) is 9.03 Å². The van der Waals surface area contributed by atoms with Crippen LogP contribution in [-0.2, 0) is 21.4 Å². The van der Waals surface area contributed by atoms with E-state index in [1.54, 1.807) is 12.1 Å². The first-order valence-electron chi connectivity index (χ1n) is 6.96. The summed E-state index contributed by atoms with van der Waals surface area (Å²) in [6.45, 7) is 4.05. The summed E-state index contributed by atoms with van der Waals surface area (Å²) in [6, 6.07) is 5.40. The van der Waals surface area contributed by atoms with Gasteiger partial charge in [-0.15, -0.1) is 0 Å². The highest BCUT2D eigenvalue weighted by molar-refractivity contribution is 7.87. The van der Waals surface area contributed by atoms with Crippen LogP contribution in [-0.4, -0.2) is 45.9 Å². The lowest BCUT2D eigenvalue weighted by Crippen LogP contribution is -2.36. The number of ether oxygens (including phenoxy) is 1. The van der Waals surface area contributed by atoms with Crippen molar-refractivity contribution in [3.8, 4) is 5.75 Å². The van der Waals surface area contributed by atoms with Gasteiger partial charge in [0.25, 0.3) is 10.2 Å². The van der Waals surface area contributed by atoms with Gasteiger partial charge in [-0.05, 0) is 31.0 Å². The molecule has 0 saturated heterocycles. The fourth-order valence-corrected chi connectivity index (χ4v) is 2.37. The number of benzene rings is 1. The fourth-order valence-electron chi connectivity index (χ4n) is 1.75. The van der Waals surface area contributed by atoms with Crippen LogP contribution < -0.4 is 14.8 Å². The summed E-state index contributed by atoms with van der Waals surface area (Å²) in [4.78, 5) is 11.2. The van der Waals surface area contributed by atoms with Gasteiger partial charge in [-0.1, -0.05) is 6.07 Å². The molecule has 0 saturated carbocycles. The highest BCUT2D eigenvalue weighted by Gasteiger charge is 2.12. The maximum atomic E-state index is 11.6. The van der Waals surface area contributed by atoms with Crippen molar-refractivity contribution in [1.29, 1.82) is 0 Å². The van der Waals surface area contributed by atoms with Crippen molar-refractivity contribution in [2.45, 2.75) is 20.3 Å². The molecule has 1 rings (SSSR count). The van der Waals surface area contributed by atoms with Gasteiger partial charge in [0.2, 0.25) is 5.91 Å². The molecule has 0 aromatic heterocycles. The number of hydrogen-bond acceptors (Lipinski definition) is 4. The van der Waals surface area contributed by atoms with E-state index in [1.165, 1.54) is 21.0 Å². The van der Waals surface area contributed by atoms with Crippen molar-refractivity contribution in [2.75, 3.05) is 32.6 Å². The minimum atomic E-state index is -3.43. The van der Waals surface area contributed by atoms with E-state index in [2.05, 4.69) is 10.0 Å². The Morgan fingerprint density at radius 2 is 2.00 bits per heavy atom. The van der Waals surface area contributed by atoms with E-state index >= 15 is 0 Å². The third kappa shape index (κ3) is 5.63. The Labute approximate surface area is 131 Å². The molecule has 1 amide bonds. The predicted molar refractivity (Wildman–Crippen MR) is 86.2 cm³/mol. The number of carbonyl (C=O) groups is 1. The number of carbonyl (C=O) groups excluding carboxylic acids is 1. The van der Waals surface area contributed by atoms with Gasteiger partial charge in [-0.25, -0.2) is 4.72 Å². The first-order chi connectivity index (χ1) is 10.3. The number of amides is 1. The number of anilines is 1. The second-order valence-corrected chi connectivity index (χ2v) is 6.85. The molecule has 0 atom stereocenters. The van der Waals surface area contributed by atoms with Crippen molar-refractivity contribution >= 4 is 21.8 Å². The summed E-state index contributed by atoms with van der Waals surface area (Å²) >= 11 is 0. The van der Waals surface area contributed by atoms with Crippen LogP contribution in [0.2, 0.25) is 0 Å². The lowest BCUT2D eigenvalue weighted by atomic mass is 10.1. The number of rotatable bonds is 8. The standard InChI is InChI=1S/C14H23N3O4S/c1-5-21-14-7-6-12(10-13(14)16-11(2)18)8-9-15-22(19,20)17(3)4/h6-7,10,15H,5,8-9H2,1-4H3,(H,16,18). The third-order valence-electron chi connectivity index (χ3n) is 2.83. The molecule has 0 unspecified atom stereocenters. The summed E-state index contributed by atoms with van der Waals surface area (Å²) in [5, 5.41) is 2.71. The van der Waals surface area contributed by atoms with Crippen molar-refractivity contribution in [3.63, 3.8) is 0 Å². The van der Waals surface area contributed by atoms with Crippen LogP contribution in [0.1, 0.15) is 19.4 Å². The van der Waals surface area contributed by atoms with E-state index in [0.717, 1.165) is 9.87 Å². The molecule has 1 aromatic rings. The molecule has 22 heavy (non-hydrogen) atoms. The van der Waals surface area contributed by atoms with Gasteiger partial charge >= 0.3 is 0 Å². The quantitative estimate of drug-likeness (QED) is 0.744. The zero-order valence-electron chi connectivity index (χ0n) is 13.3. The number of nitrogens with one attached hydrogen (secondary N) is 2. The third-order valence-corrected chi connectivity index (χ3v) is 4.36. The summed E-state index contributed by atoms with van der Waals surface area (Å²) in [5.74, 6) is 0.404. The second kappa shape index (κ2) is 8.11. The summed E-state index contributed by atoms with van der Waals surface area (Å²) in [6.07, 6.45) is 0.506. The predicted octanol–water partition coefficient (Wildman–Crippen LogP) is 0.982. The Hall–Kier alpha value is -1.64. The Morgan fingerprint density at radius 3 is 2.55 bits per heavy atom. The highest BCUT2D eigenvalue weighted by atomic mass is 32.2. The van der Waals surface area contributed by atoms with Crippen LogP contribution >= 0.6 is 0 Å². The van der Waals surface area contributed by atoms with Crippen LogP contribution in [0.4, 0.5) is 5.69 Å². The smallest absolute Gasteiger partial charge is 0.278 e. The lowest BCUT2D eigenvalue weighted by Gasteiger charge is -2.14. The molecular weight excluding hydrogens is 306 g/mol. The maximum absolute atomic E-state index is 11.6. The van der Waals surface area contributed by atoms with Gasteiger partial charge in [-0.3, -0.25) is 4.79 Å². The summed E-state index contributed by atoms with van der Waals surface area (Å²) in [5.41, 5.74) is 1.48. The van der Waals surface area contributed by atoms with E-state index in [4.69, 9.17) is 4.74 Å². The lowest BCUT2D eigenvalue weighted by molar-refractivity contribution is -0.114. The Bertz CT molecular complexity index is 615. The molecule has 0 aliphatic carbocycles. The van der Waals surface area contributed by atoms with Gasteiger partial charge in [-0.2, -0.15) is 12.7 Å². The van der Waals surface area contributed by atoms with Crippen LogP contribution in [0.5, 0.6) is 5.75 Å². The molecule has 0 aliphatic heterocycles. The average molecular weight is 329 g/mol. The average Bonchev–Trinajstić information content (AvgIpc) is 2.40. The van der Waals surface area contributed by atoms with Gasteiger partial charge in [0.1, 0.15) is 5.75 Å². The van der Waals surface area contributed by atoms with Gasteiger partial charge < -0.3 is 10.1 Å². The van der Waals surface area contributed by atoms with E-state index in [1.807, 2.05) is 13.0 Å². The Kier molecular flexibility index (Phi) is 6.79. The van der Waals surface area contributed by atoms with Gasteiger partial charge in [0.05, 0.1) is 12.3 Å². The van der Waals surface area contributed by atoms with E-state index in [-0.39, 0.29) is 12.5 Å². The Balaban J connectivity index is 2.77. The molecule has 0 bridgehead atoms. The number of hydrogen-bond donors (Lipinski definition) is 2. The molecule has 0 aliphatic rings. The minimum Gasteiger partial charge on any atom is -0.492 e. The molecule has 0 radical (unpaired) electrons. The van der Waals surface area contributed by atoms with Crippen LogP contribution in [0.3, 0.4) is 0 Å². The molecule has 2 N–H and O–H groups in total. The highest BCUT2D eigenvalue weighted by Crippen LogP contribution is 2.26. The second-order valence-electron chi connectivity index (χ2n) is 4.88. The normalized spacial score (nSPS) is 11.5. The first-order valence-corrected chi connectivity index (χ1v) is 8.40. The topological polar surface area (TPSA) is 87.7 Å². The minimum absolute atomic E-state index is 0.189. The molecule has 0 spiro atoms. The van der Waals surface area contributed by atoms with Crippen LogP contribution in [0.15, 0.2) is 18.2 Å². The molecule has 7 nitrogen and oxygen atoms in total. The van der Waals surface area contributed by atoms with E-state index in [9.17, 15) is 13.2 Å². The summed E-state index contributed by atoms with van der Waals surface area (Å²) in [7, 11) is -0.493. The van der Waals surface area contributed by atoms with E-state index < -0.39 is 10.2 Å². The van der Waals surface area contributed by atoms with Crippen molar-refractivity contribution in [3.05, 3.63) is 23.8 Å². The first kappa shape index (κ1) is 18.4. The fraction of sp³-hybridized carbons (Fsp3) is 0.500. The molecule has 8 heteroatoms. The zero-order chi connectivity index (χ0) is 16.8. The van der Waals surface area contributed by atoms with Gasteiger partial charge in [0.15, 0.2) is 0 Å². The van der Waals surface area contributed by atoms with E-state index in [0.29, 0.717) is 24.5 Å². The van der Waals surface area contributed by atoms with Crippen molar-refractivity contribution < 1.29 is 17.9 Å². The molecule has 124 valence electrons. The monoisotopic (exact) mass is 329 g/mol.